The molecule has 0 aliphatic carbocycles. The van der Waals surface area contributed by atoms with E-state index < -0.39 is 21.8 Å². The summed E-state index contributed by atoms with van der Waals surface area (Å²) in [6.07, 6.45) is 0. The van der Waals surface area contributed by atoms with Crippen molar-refractivity contribution in [3.63, 3.8) is 0 Å². The molecule has 2 N–H and O–H groups in total. The van der Waals surface area contributed by atoms with Crippen LogP contribution in [0.25, 0.3) is 0 Å². The van der Waals surface area contributed by atoms with E-state index in [0.29, 0.717) is 11.3 Å². The summed E-state index contributed by atoms with van der Waals surface area (Å²) >= 11 is 0. The van der Waals surface area contributed by atoms with E-state index in [-0.39, 0.29) is 17.0 Å². The van der Waals surface area contributed by atoms with E-state index in [2.05, 4.69) is 10.9 Å². The van der Waals surface area contributed by atoms with Crippen LogP contribution in [0.4, 0.5) is 5.69 Å². The van der Waals surface area contributed by atoms with Gasteiger partial charge in [-0.15, -0.1) is 0 Å². The maximum Gasteiger partial charge on any atom is 0.269 e. The van der Waals surface area contributed by atoms with Crippen LogP contribution in [0.2, 0.25) is 0 Å². The van der Waals surface area contributed by atoms with Crippen molar-refractivity contribution in [1.82, 2.24) is 10.9 Å². The third-order valence-corrected chi connectivity index (χ3v) is 6.28. The van der Waals surface area contributed by atoms with Gasteiger partial charge in [-0.3, -0.25) is 24.7 Å². The lowest BCUT2D eigenvalue weighted by Crippen LogP contribution is -2.41. The van der Waals surface area contributed by atoms with Crippen molar-refractivity contribution in [1.29, 1.82) is 0 Å². The molecule has 3 aromatic rings. The van der Waals surface area contributed by atoms with Gasteiger partial charge in [0, 0.05) is 17.7 Å². The first-order chi connectivity index (χ1) is 14.4. The van der Waals surface area contributed by atoms with Crippen LogP contribution < -0.4 is 15.2 Å². The molecular weight excluding hydrogens is 402 g/mol. The zero-order valence-corrected chi connectivity index (χ0v) is 17.1. The highest BCUT2D eigenvalue weighted by Gasteiger charge is 2.23. The fourth-order valence-electron chi connectivity index (χ4n) is 2.84. The number of hydrogen-bond donors (Lipinski definition) is 2. The summed E-state index contributed by atoms with van der Waals surface area (Å²) in [5, 5.41) is 0. The minimum absolute atomic E-state index is 0.0677. The lowest BCUT2D eigenvalue weighted by Gasteiger charge is -2.23. The molecule has 30 heavy (non-hydrogen) atoms. The molecule has 0 saturated carbocycles. The molecule has 0 aliphatic heterocycles. The van der Waals surface area contributed by atoms with Gasteiger partial charge >= 0.3 is 0 Å². The third kappa shape index (κ3) is 4.66. The molecule has 0 atom stereocenters. The number of hydrazine groups is 1. The predicted octanol–water partition coefficient (Wildman–Crippen LogP) is 2.98. The Hall–Kier alpha value is -3.65. The molecule has 0 fully saturated rings. The first-order valence-corrected chi connectivity index (χ1v) is 10.7. The molecule has 0 heterocycles. The standard InChI is InChI=1S/C22H21N3O4S/c1-2-25(19-11-7-4-8-12-19)30(28,29)20-15-13-18(14-16-20)22(27)24-23-21(26)17-9-5-3-6-10-17/h3-16H,2H2,1H3,(H,23,26)(H,24,27). The van der Waals surface area contributed by atoms with Gasteiger partial charge in [-0.1, -0.05) is 36.4 Å². The predicted molar refractivity (Wildman–Crippen MR) is 114 cm³/mol. The van der Waals surface area contributed by atoms with Crippen LogP contribution in [-0.2, 0) is 10.0 Å². The average Bonchev–Trinajstić information content (AvgIpc) is 2.79. The number of nitrogens with one attached hydrogen (secondary N) is 2. The Morgan fingerprint density at radius 2 is 1.20 bits per heavy atom. The van der Waals surface area contributed by atoms with Gasteiger partial charge in [-0.2, -0.15) is 0 Å². The van der Waals surface area contributed by atoms with Gasteiger partial charge in [0.15, 0.2) is 0 Å². The van der Waals surface area contributed by atoms with Crippen LogP contribution in [0.1, 0.15) is 27.6 Å². The molecule has 8 heteroatoms. The van der Waals surface area contributed by atoms with E-state index in [0.717, 1.165) is 0 Å². The summed E-state index contributed by atoms with van der Waals surface area (Å²) < 4.78 is 27.3. The number of nitrogens with zero attached hydrogens (tertiary/aromatic N) is 1. The second-order valence-electron chi connectivity index (χ2n) is 6.30. The molecule has 0 aromatic heterocycles. The van der Waals surface area contributed by atoms with E-state index in [1.165, 1.54) is 28.6 Å². The lowest BCUT2D eigenvalue weighted by atomic mass is 10.2. The van der Waals surface area contributed by atoms with Gasteiger partial charge in [-0.05, 0) is 55.5 Å². The van der Waals surface area contributed by atoms with E-state index in [9.17, 15) is 18.0 Å². The Balaban J connectivity index is 1.70. The van der Waals surface area contributed by atoms with Crippen LogP contribution in [0.5, 0.6) is 0 Å². The molecule has 3 rings (SSSR count). The van der Waals surface area contributed by atoms with Crippen molar-refractivity contribution < 1.29 is 18.0 Å². The van der Waals surface area contributed by atoms with Gasteiger partial charge in [0.2, 0.25) is 0 Å². The van der Waals surface area contributed by atoms with Gasteiger partial charge in [0.05, 0.1) is 10.6 Å². The van der Waals surface area contributed by atoms with Crippen molar-refractivity contribution in [3.05, 3.63) is 96.1 Å². The highest BCUT2D eigenvalue weighted by Crippen LogP contribution is 2.23. The number of hydrogen-bond acceptors (Lipinski definition) is 4. The third-order valence-electron chi connectivity index (χ3n) is 4.36. The number of sulfonamides is 1. The molecule has 0 radical (unpaired) electrons. The van der Waals surface area contributed by atoms with Crippen LogP contribution in [0.3, 0.4) is 0 Å². The SMILES string of the molecule is CCN(c1ccccc1)S(=O)(=O)c1ccc(C(=O)NNC(=O)c2ccccc2)cc1. The van der Waals surface area contributed by atoms with Gasteiger partial charge in [0.25, 0.3) is 21.8 Å². The fraction of sp³-hybridized carbons (Fsp3) is 0.0909. The van der Waals surface area contributed by atoms with Gasteiger partial charge in [0.1, 0.15) is 0 Å². The van der Waals surface area contributed by atoms with E-state index in [1.54, 1.807) is 61.5 Å². The van der Waals surface area contributed by atoms with Crippen molar-refractivity contribution in [2.24, 2.45) is 0 Å². The summed E-state index contributed by atoms with van der Waals surface area (Å²) in [6, 6.07) is 22.8. The molecule has 3 aromatic carbocycles. The molecule has 2 amide bonds. The lowest BCUT2D eigenvalue weighted by molar-refractivity contribution is 0.0846. The zero-order chi connectivity index (χ0) is 21.6. The molecular formula is C22H21N3O4S. The van der Waals surface area contributed by atoms with Crippen molar-refractivity contribution >= 4 is 27.5 Å². The maximum atomic E-state index is 13.0. The fourth-order valence-corrected chi connectivity index (χ4v) is 4.31. The molecule has 154 valence electrons. The average molecular weight is 423 g/mol. The number of para-hydroxylation sites is 1. The van der Waals surface area contributed by atoms with Crippen molar-refractivity contribution in [2.45, 2.75) is 11.8 Å². The summed E-state index contributed by atoms with van der Waals surface area (Å²) in [5.41, 5.74) is 5.82. The first kappa shape index (κ1) is 21.1. The molecule has 0 spiro atoms. The Kier molecular flexibility index (Phi) is 6.48. The minimum atomic E-state index is -3.78. The monoisotopic (exact) mass is 423 g/mol. The van der Waals surface area contributed by atoms with E-state index >= 15 is 0 Å². The van der Waals surface area contributed by atoms with Crippen LogP contribution >= 0.6 is 0 Å². The number of amides is 2. The Morgan fingerprint density at radius 1 is 0.733 bits per heavy atom. The van der Waals surface area contributed by atoms with Gasteiger partial charge in [-0.25, -0.2) is 8.42 Å². The molecule has 0 unspecified atom stereocenters. The summed E-state index contributed by atoms with van der Waals surface area (Å²) in [4.78, 5) is 24.3. The van der Waals surface area contributed by atoms with Gasteiger partial charge < -0.3 is 0 Å². The maximum absolute atomic E-state index is 13.0. The normalized spacial score (nSPS) is 10.8. The highest BCUT2D eigenvalue weighted by atomic mass is 32.2. The molecule has 0 bridgehead atoms. The summed E-state index contributed by atoms with van der Waals surface area (Å²) in [5.74, 6) is -1.01. The highest BCUT2D eigenvalue weighted by molar-refractivity contribution is 7.92. The van der Waals surface area contributed by atoms with Crippen LogP contribution in [0.15, 0.2) is 89.8 Å². The first-order valence-electron chi connectivity index (χ1n) is 9.27. The summed E-state index contributed by atoms with van der Waals surface area (Å²) in [6.45, 7) is 2.02. The van der Waals surface area contributed by atoms with Crippen LogP contribution in [-0.4, -0.2) is 26.8 Å². The second-order valence-corrected chi connectivity index (χ2v) is 8.17. The Labute approximate surface area is 175 Å². The quantitative estimate of drug-likeness (QED) is 0.596. The van der Waals surface area contributed by atoms with Crippen molar-refractivity contribution in [3.8, 4) is 0 Å². The second kappa shape index (κ2) is 9.23. The van der Waals surface area contributed by atoms with E-state index in [1.807, 2.05) is 6.07 Å². The number of carbonyl (C=O) groups excluding carboxylic acids is 2. The Bertz CT molecular complexity index is 1120. The zero-order valence-electron chi connectivity index (χ0n) is 16.3. The number of rotatable bonds is 6. The Morgan fingerprint density at radius 3 is 1.70 bits per heavy atom. The number of carbonyl (C=O) groups is 2. The molecule has 0 saturated heterocycles. The number of benzene rings is 3. The minimum Gasteiger partial charge on any atom is -0.267 e. The molecule has 7 nitrogen and oxygen atoms in total. The summed E-state index contributed by atoms with van der Waals surface area (Å²) in [7, 11) is -3.78. The molecule has 0 aliphatic rings. The number of anilines is 1. The topological polar surface area (TPSA) is 95.6 Å². The largest absolute Gasteiger partial charge is 0.269 e. The van der Waals surface area contributed by atoms with Crippen molar-refractivity contribution in [2.75, 3.05) is 10.8 Å². The van der Waals surface area contributed by atoms with Crippen LogP contribution in [0, 0.1) is 0 Å². The van der Waals surface area contributed by atoms with E-state index in [4.69, 9.17) is 0 Å². The smallest absolute Gasteiger partial charge is 0.267 e.